The molecule has 0 atom stereocenters. The number of carbonyl (C=O) groups is 1. The molecule has 3 heteroatoms. The van der Waals surface area contributed by atoms with E-state index in [1.807, 2.05) is 0 Å². The second-order valence-electron chi connectivity index (χ2n) is 0.568. The van der Waals surface area contributed by atoms with Gasteiger partial charge in [-0.05, 0) is 0 Å². The summed E-state index contributed by atoms with van der Waals surface area (Å²) in [7, 11) is 0. The molecule has 1 nitrogen and oxygen atoms in total. The predicted octanol–water partition coefficient (Wildman–Crippen LogP) is -0.513. The van der Waals surface area contributed by atoms with Crippen molar-refractivity contribution in [1.29, 1.82) is 0 Å². The van der Waals surface area contributed by atoms with Gasteiger partial charge in [0, 0.05) is 23.1 Å². The summed E-state index contributed by atoms with van der Waals surface area (Å²) in [5, 5.41) is 0. The maximum Gasteiger partial charge on any atom is 0 e. The molecule has 0 bridgehead atoms. The standard InChI is InChI=1S/C3H3O.Mg.Sn/c1-2-3-4;;/h2H,1H2;;. The fraction of sp³-hybridized carbons (Fsp3) is 0. The molecule has 0 aromatic heterocycles. The SMILES string of the molecule is C=C[C](=O)[Sn].[Mg]. The molecule has 0 aliphatic carbocycles. The van der Waals surface area contributed by atoms with Crippen molar-refractivity contribution < 1.29 is 4.79 Å². The molecule has 0 amide bonds. The van der Waals surface area contributed by atoms with E-state index in [1.54, 1.807) is 0 Å². The van der Waals surface area contributed by atoms with Crippen LogP contribution < -0.4 is 0 Å². The van der Waals surface area contributed by atoms with Crippen LogP contribution in [0.5, 0.6) is 0 Å². The Balaban J connectivity index is 0. The van der Waals surface area contributed by atoms with Crippen LogP contribution >= 0.6 is 0 Å². The average molecular weight is 198 g/mol. The van der Waals surface area contributed by atoms with Gasteiger partial charge in [0.2, 0.25) is 0 Å². The van der Waals surface area contributed by atoms with Gasteiger partial charge in [0.15, 0.2) is 0 Å². The van der Waals surface area contributed by atoms with Gasteiger partial charge >= 0.3 is 43.8 Å². The Morgan fingerprint density at radius 1 is 1.83 bits per heavy atom. The van der Waals surface area contributed by atoms with Gasteiger partial charge in [-0.2, -0.15) is 0 Å². The van der Waals surface area contributed by atoms with Crippen molar-refractivity contribution >= 4 is 49.4 Å². The zero-order valence-electron chi connectivity index (χ0n) is 3.40. The Hall–Kier alpha value is 0.975. The van der Waals surface area contributed by atoms with E-state index in [4.69, 9.17) is 0 Å². The molecule has 0 aliphatic rings. The Bertz CT molecular complexity index is 61.8. The minimum atomic E-state index is 0. The smallest absolute Gasteiger partial charge is 0 e. The molecule has 0 heterocycles. The molecule has 0 spiro atoms. The summed E-state index contributed by atoms with van der Waals surface area (Å²) in [6.07, 6.45) is 1.32. The topological polar surface area (TPSA) is 17.1 Å². The summed E-state index contributed by atoms with van der Waals surface area (Å²) in [5.74, 6) is 0. The summed E-state index contributed by atoms with van der Waals surface area (Å²) in [6, 6.07) is 0. The normalized spacial score (nSPS) is 5.50. The number of hydrogen-bond donors (Lipinski definition) is 0. The summed E-state index contributed by atoms with van der Waals surface area (Å²) >= 11 is 0.913. The van der Waals surface area contributed by atoms with Crippen molar-refractivity contribution in [1.82, 2.24) is 0 Å². The molecule has 0 saturated heterocycles. The molecule has 6 heavy (non-hydrogen) atoms. The van der Waals surface area contributed by atoms with E-state index in [1.165, 1.54) is 6.08 Å². The van der Waals surface area contributed by atoms with Gasteiger partial charge in [0.05, 0.1) is 0 Å². The maximum absolute atomic E-state index is 9.73. The van der Waals surface area contributed by atoms with E-state index in [0.717, 1.165) is 22.5 Å². The molecule has 0 aliphatic heterocycles. The zero-order valence-corrected chi connectivity index (χ0v) is 7.67. The molecule has 0 unspecified atom stereocenters. The minimum Gasteiger partial charge on any atom is 0 e. The second kappa shape index (κ2) is 5.97. The fourth-order valence-electron chi connectivity index (χ4n) is 0. The number of carbonyl (C=O) groups excluding carboxylic acids is 1. The maximum atomic E-state index is 9.73. The van der Waals surface area contributed by atoms with Gasteiger partial charge in [-0.15, -0.1) is 0 Å². The summed E-state index contributed by atoms with van der Waals surface area (Å²) in [5.41, 5.74) is 0. The van der Waals surface area contributed by atoms with Crippen LogP contribution in [-0.2, 0) is 4.79 Å². The first-order valence-electron chi connectivity index (χ1n) is 1.15. The predicted molar refractivity (Wildman–Crippen MR) is 26.7 cm³/mol. The molecule has 0 aromatic carbocycles. The quantitative estimate of drug-likeness (QED) is 0.409. The Kier molecular flexibility index (Phi) is 10.0. The van der Waals surface area contributed by atoms with Crippen LogP contribution in [0.3, 0.4) is 0 Å². The van der Waals surface area contributed by atoms with Crippen molar-refractivity contribution in [3.8, 4) is 0 Å². The van der Waals surface area contributed by atoms with E-state index < -0.39 is 0 Å². The molecular formula is C3H3MgOSn. The van der Waals surface area contributed by atoms with Gasteiger partial charge in [-0.25, -0.2) is 0 Å². The van der Waals surface area contributed by atoms with Gasteiger partial charge in [0.1, 0.15) is 0 Å². The van der Waals surface area contributed by atoms with Crippen molar-refractivity contribution in [3.63, 3.8) is 0 Å². The molecule has 0 N–H and O–H groups in total. The van der Waals surface area contributed by atoms with Crippen LogP contribution in [0.4, 0.5) is 0 Å². The minimum absolute atomic E-state index is 0. The number of hydrogen-bond acceptors (Lipinski definition) is 1. The van der Waals surface area contributed by atoms with Crippen LogP contribution in [0.15, 0.2) is 12.7 Å². The van der Waals surface area contributed by atoms with Gasteiger partial charge in [0.25, 0.3) is 0 Å². The van der Waals surface area contributed by atoms with Gasteiger partial charge < -0.3 is 0 Å². The van der Waals surface area contributed by atoms with Crippen LogP contribution in [0.25, 0.3) is 0 Å². The third-order valence-corrected chi connectivity index (χ3v) is 0.768. The average Bonchev–Trinajstić information content (AvgIpc) is 1.38. The molecule has 0 aromatic rings. The van der Waals surface area contributed by atoms with Crippen molar-refractivity contribution in [2.75, 3.05) is 0 Å². The summed E-state index contributed by atoms with van der Waals surface area (Å²) in [4.78, 5) is 9.73. The van der Waals surface area contributed by atoms with E-state index in [-0.39, 0.29) is 26.9 Å². The van der Waals surface area contributed by atoms with Gasteiger partial charge in [-0.1, -0.05) is 0 Å². The third kappa shape index (κ3) is 8.88. The molecular weight excluding hydrogens is 195 g/mol. The monoisotopic (exact) mass is 199 g/mol. The number of rotatable bonds is 1. The first kappa shape index (κ1) is 10.1. The Morgan fingerprint density at radius 2 is 2.00 bits per heavy atom. The Morgan fingerprint density at radius 3 is 2.00 bits per heavy atom. The van der Waals surface area contributed by atoms with Crippen LogP contribution in [0.2, 0.25) is 0 Å². The van der Waals surface area contributed by atoms with Crippen molar-refractivity contribution in [2.45, 2.75) is 0 Å². The molecule has 0 saturated carbocycles. The van der Waals surface area contributed by atoms with Gasteiger partial charge in [-0.3, -0.25) is 0 Å². The Labute approximate surface area is 66.4 Å². The van der Waals surface area contributed by atoms with E-state index in [2.05, 4.69) is 6.58 Å². The van der Waals surface area contributed by atoms with Crippen molar-refractivity contribution in [2.24, 2.45) is 0 Å². The largest absolute Gasteiger partial charge is 0 e. The fourth-order valence-corrected chi connectivity index (χ4v) is 0. The summed E-state index contributed by atoms with van der Waals surface area (Å²) in [6.45, 7) is 3.23. The zero-order chi connectivity index (χ0) is 4.28. The molecule has 5 radical (unpaired) electrons. The first-order valence-corrected chi connectivity index (χ1v) is 2.58. The van der Waals surface area contributed by atoms with E-state index in [9.17, 15) is 4.79 Å². The van der Waals surface area contributed by atoms with E-state index >= 15 is 0 Å². The number of allylic oxidation sites excluding steroid dienone is 1. The van der Waals surface area contributed by atoms with Crippen LogP contribution in [0.1, 0.15) is 0 Å². The molecule has 0 rings (SSSR count). The third-order valence-electron chi connectivity index (χ3n) is 0.185. The van der Waals surface area contributed by atoms with Crippen molar-refractivity contribution in [3.05, 3.63) is 12.7 Å². The van der Waals surface area contributed by atoms with Crippen LogP contribution in [0, 0.1) is 0 Å². The second-order valence-corrected chi connectivity index (χ2v) is 1.97. The van der Waals surface area contributed by atoms with E-state index in [0.29, 0.717) is 0 Å². The molecule has 0 fully saturated rings. The van der Waals surface area contributed by atoms with Crippen LogP contribution in [-0.4, -0.2) is 49.4 Å². The summed E-state index contributed by atoms with van der Waals surface area (Å²) < 4.78 is 0.109. The molecule has 27 valence electrons. The first-order chi connectivity index (χ1) is 2.27.